The van der Waals surface area contributed by atoms with Crippen LogP contribution in [-0.2, 0) is 4.79 Å². The highest BCUT2D eigenvalue weighted by molar-refractivity contribution is 6.30. The molecule has 3 atom stereocenters. The van der Waals surface area contributed by atoms with E-state index >= 15 is 0 Å². The van der Waals surface area contributed by atoms with Crippen LogP contribution in [0.4, 0.5) is 11.4 Å². The van der Waals surface area contributed by atoms with Gasteiger partial charge in [0.05, 0.1) is 23.3 Å². The Morgan fingerprint density at radius 3 is 2.47 bits per heavy atom. The average molecular weight is 445 g/mol. The molecule has 6 rings (SSSR count). The summed E-state index contributed by atoms with van der Waals surface area (Å²) < 4.78 is 11.1. The van der Waals surface area contributed by atoms with Crippen LogP contribution in [0.3, 0.4) is 0 Å². The normalized spacial score (nSPS) is 23.2. The third-order valence-corrected chi connectivity index (χ3v) is 6.64. The Bertz CT molecular complexity index is 1240. The number of carbonyl (C=O) groups is 1. The Kier molecular flexibility index (Phi) is 4.58. The van der Waals surface area contributed by atoms with Crippen LogP contribution >= 0.6 is 11.6 Å². The van der Waals surface area contributed by atoms with Crippen LogP contribution in [0.1, 0.15) is 29.5 Å². The summed E-state index contributed by atoms with van der Waals surface area (Å²) in [6.45, 7) is 0.220. The lowest BCUT2D eigenvalue weighted by Gasteiger charge is -2.32. The first kappa shape index (κ1) is 19.3. The van der Waals surface area contributed by atoms with Gasteiger partial charge in [-0.1, -0.05) is 48.0 Å². The van der Waals surface area contributed by atoms with Crippen LogP contribution in [0.2, 0.25) is 5.02 Å². The Morgan fingerprint density at radius 1 is 0.875 bits per heavy atom. The predicted molar refractivity (Wildman–Crippen MR) is 124 cm³/mol. The van der Waals surface area contributed by atoms with Crippen molar-refractivity contribution in [2.45, 2.75) is 18.4 Å². The van der Waals surface area contributed by atoms with Gasteiger partial charge in [0.1, 0.15) is 5.78 Å². The van der Waals surface area contributed by atoms with Gasteiger partial charge in [-0.3, -0.25) is 4.79 Å². The smallest absolute Gasteiger partial charge is 0.231 e. The molecular weight excluding hydrogens is 424 g/mol. The zero-order valence-corrected chi connectivity index (χ0v) is 17.9. The SMILES string of the molecule is O=C1CC(c2ccc(Cl)cc2)C=C2Nc3ccccc3NC(c3ccc4c(c3)OCO4)C12. The van der Waals surface area contributed by atoms with Crippen LogP contribution in [0.15, 0.2) is 78.5 Å². The number of ether oxygens (including phenoxy) is 2. The Hall–Kier alpha value is -3.44. The quantitative estimate of drug-likeness (QED) is 0.515. The van der Waals surface area contributed by atoms with Gasteiger partial charge in [-0.15, -0.1) is 0 Å². The van der Waals surface area contributed by atoms with Crippen molar-refractivity contribution in [2.75, 3.05) is 17.4 Å². The number of anilines is 2. The largest absolute Gasteiger partial charge is 0.454 e. The second kappa shape index (κ2) is 7.61. The van der Waals surface area contributed by atoms with Gasteiger partial charge in [0.15, 0.2) is 11.5 Å². The number of carbonyl (C=O) groups excluding carboxylic acids is 1. The van der Waals surface area contributed by atoms with E-state index < -0.39 is 0 Å². The lowest BCUT2D eigenvalue weighted by molar-refractivity contribution is -0.122. The van der Waals surface area contributed by atoms with Gasteiger partial charge in [0, 0.05) is 23.1 Å². The molecule has 3 aromatic carbocycles. The first-order valence-electron chi connectivity index (χ1n) is 10.7. The maximum atomic E-state index is 13.6. The van der Waals surface area contributed by atoms with E-state index in [1.165, 1.54) is 0 Å². The summed E-state index contributed by atoms with van der Waals surface area (Å²) >= 11 is 6.07. The number of halogens is 1. The molecule has 2 N–H and O–H groups in total. The fraction of sp³-hybridized carbons (Fsp3) is 0.192. The van der Waals surface area contributed by atoms with E-state index in [0.717, 1.165) is 33.9 Å². The number of Topliss-reactive ketones (excluding diaryl/α,β-unsaturated/α-hetero) is 1. The average Bonchev–Trinajstić information content (AvgIpc) is 3.20. The summed E-state index contributed by atoms with van der Waals surface area (Å²) in [5.41, 5.74) is 4.90. The van der Waals surface area contributed by atoms with Crippen LogP contribution < -0.4 is 20.1 Å². The monoisotopic (exact) mass is 444 g/mol. The van der Waals surface area contributed by atoms with E-state index in [-0.39, 0.29) is 30.5 Å². The number of ketones is 1. The summed E-state index contributed by atoms with van der Waals surface area (Å²) in [6.07, 6.45) is 2.63. The highest BCUT2D eigenvalue weighted by Crippen LogP contribution is 2.46. The lowest BCUT2D eigenvalue weighted by Crippen LogP contribution is -2.33. The maximum Gasteiger partial charge on any atom is 0.231 e. The van der Waals surface area contributed by atoms with Gasteiger partial charge in [0.25, 0.3) is 0 Å². The highest BCUT2D eigenvalue weighted by atomic mass is 35.5. The number of rotatable bonds is 2. The van der Waals surface area contributed by atoms with E-state index in [2.05, 4.69) is 16.7 Å². The van der Waals surface area contributed by atoms with Crippen LogP contribution in [-0.4, -0.2) is 12.6 Å². The molecule has 0 bridgehead atoms. The maximum absolute atomic E-state index is 13.6. The molecule has 3 unspecified atom stereocenters. The summed E-state index contributed by atoms with van der Waals surface area (Å²) in [5.74, 6) is 1.29. The minimum Gasteiger partial charge on any atom is -0.454 e. The van der Waals surface area contributed by atoms with E-state index in [0.29, 0.717) is 17.2 Å². The Balaban J connectivity index is 1.45. The van der Waals surface area contributed by atoms with Gasteiger partial charge < -0.3 is 20.1 Å². The molecule has 0 fully saturated rings. The fourth-order valence-corrected chi connectivity index (χ4v) is 4.94. The predicted octanol–water partition coefficient (Wildman–Crippen LogP) is 5.90. The zero-order valence-electron chi connectivity index (χ0n) is 17.2. The highest BCUT2D eigenvalue weighted by Gasteiger charge is 2.40. The van der Waals surface area contributed by atoms with Crippen LogP contribution in [0.5, 0.6) is 11.5 Å². The van der Waals surface area contributed by atoms with Crippen molar-refractivity contribution in [2.24, 2.45) is 5.92 Å². The summed E-state index contributed by atoms with van der Waals surface area (Å²) in [4.78, 5) is 13.6. The molecule has 2 aliphatic heterocycles. The topological polar surface area (TPSA) is 59.6 Å². The number of allylic oxidation sites excluding steroid dienone is 1. The van der Waals surface area contributed by atoms with Crippen molar-refractivity contribution < 1.29 is 14.3 Å². The van der Waals surface area contributed by atoms with E-state index in [1.807, 2.05) is 66.7 Å². The summed E-state index contributed by atoms with van der Waals surface area (Å²) in [6, 6.07) is 21.4. The molecule has 3 aliphatic rings. The van der Waals surface area contributed by atoms with E-state index in [4.69, 9.17) is 21.1 Å². The lowest BCUT2D eigenvalue weighted by atomic mass is 9.76. The first-order chi connectivity index (χ1) is 15.7. The van der Waals surface area contributed by atoms with Crippen molar-refractivity contribution >= 4 is 28.8 Å². The molecule has 0 saturated carbocycles. The Labute approximate surface area is 191 Å². The molecule has 1 aliphatic carbocycles. The Morgan fingerprint density at radius 2 is 1.62 bits per heavy atom. The zero-order chi connectivity index (χ0) is 21.7. The van der Waals surface area contributed by atoms with Crippen LogP contribution in [0, 0.1) is 5.92 Å². The second-order valence-electron chi connectivity index (χ2n) is 8.33. The third-order valence-electron chi connectivity index (χ3n) is 6.39. The molecule has 32 heavy (non-hydrogen) atoms. The number of fused-ring (bicyclic) bond motifs is 3. The molecule has 6 heteroatoms. The molecule has 5 nitrogen and oxygen atoms in total. The molecule has 160 valence electrons. The number of hydrogen-bond donors (Lipinski definition) is 2. The first-order valence-corrected chi connectivity index (χ1v) is 11.1. The third kappa shape index (κ3) is 3.30. The second-order valence-corrected chi connectivity index (χ2v) is 8.77. The van der Waals surface area contributed by atoms with Crippen molar-refractivity contribution in [3.05, 3.63) is 94.7 Å². The van der Waals surface area contributed by atoms with E-state index in [1.54, 1.807) is 0 Å². The number of nitrogens with one attached hydrogen (secondary N) is 2. The molecule has 0 saturated heterocycles. The number of benzene rings is 3. The van der Waals surface area contributed by atoms with E-state index in [9.17, 15) is 4.79 Å². The fourth-order valence-electron chi connectivity index (χ4n) is 4.81. The molecule has 2 heterocycles. The van der Waals surface area contributed by atoms with Gasteiger partial charge in [-0.25, -0.2) is 0 Å². The van der Waals surface area contributed by atoms with Crippen LogP contribution in [0.25, 0.3) is 0 Å². The van der Waals surface area contributed by atoms with Gasteiger partial charge in [-0.05, 0) is 47.5 Å². The van der Waals surface area contributed by atoms with Crippen molar-refractivity contribution in [3.8, 4) is 11.5 Å². The minimum atomic E-state index is -0.341. The molecule has 0 spiro atoms. The molecule has 0 amide bonds. The number of hydrogen-bond acceptors (Lipinski definition) is 5. The molecule has 0 radical (unpaired) electrons. The summed E-state index contributed by atoms with van der Waals surface area (Å²) in [5, 5.41) is 7.86. The van der Waals surface area contributed by atoms with Crippen molar-refractivity contribution in [3.63, 3.8) is 0 Å². The van der Waals surface area contributed by atoms with Crippen molar-refractivity contribution in [1.29, 1.82) is 0 Å². The standard InChI is InChI=1S/C26H21ClN2O3/c27-18-8-5-15(6-9-18)17-11-21-25(22(30)12-17)26(29-20-4-2-1-3-19(20)28-21)16-7-10-23-24(13-16)32-14-31-23/h1-11,13,17,25-26,28-29H,12,14H2. The number of para-hydroxylation sites is 2. The van der Waals surface area contributed by atoms with Gasteiger partial charge in [0.2, 0.25) is 6.79 Å². The van der Waals surface area contributed by atoms with Crippen molar-refractivity contribution in [1.82, 2.24) is 0 Å². The molecule has 3 aromatic rings. The summed E-state index contributed by atoms with van der Waals surface area (Å²) in [7, 11) is 0. The van der Waals surface area contributed by atoms with Gasteiger partial charge in [-0.2, -0.15) is 0 Å². The molecule has 0 aromatic heterocycles. The minimum absolute atomic E-state index is 0.00110. The molecular formula is C26H21ClN2O3. The van der Waals surface area contributed by atoms with Gasteiger partial charge >= 0.3 is 0 Å².